The SMILES string of the molecule is COc1ccc(CNc2nc(N3CCN(C4CCCCC4)CC3)nc3c2cnn3C)cc1.Cl. The summed E-state index contributed by atoms with van der Waals surface area (Å²) in [5, 5.41) is 8.89. The third kappa shape index (κ3) is 5.17. The minimum atomic E-state index is 0. The topological polar surface area (TPSA) is 71.3 Å². The number of rotatable bonds is 6. The van der Waals surface area contributed by atoms with Crippen LogP contribution in [0.25, 0.3) is 11.0 Å². The zero-order valence-corrected chi connectivity index (χ0v) is 20.4. The molecular weight excluding hydrogens is 438 g/mol. The summed E-state index contributed by atoms with van der Waals surface area (Å²) in [6, 6.07) is 8.87. The number of ether oxygens (including phenoxy) is 1. The van der Waals surface area contributed by atoms with Gasteiger partial charge >= 0.3 is 0 Å². The van der Waals surface area contributed by atoms with Gasteiger partial charge < -0.3 is 15.0 Å². The summed E-state index contributed by atoms with van der Waals surface area (Å²) in [5.41, 5.74) is 2.03. The molecule has 33 heavy (non-hydrogen) atoms. The number of aryl methyl sites for hydroxylation is 1. The van der Waals surface area contributed by atoms with Crippen molar-refractivity contribution in [2.45, 2.75) is 44.7 Å². The first-order chi connectivity index (χ1) is 15.7. The Kier molecular flexibility index (Phi) is 7.55. The Bertz CT molecular complexity index is 1040. The van der Waals surface area contributed by atoms with Crippen molar-refractivity contribution in [3.63, 3.8) is 0 Å². The number of nitrogens with one attached hydrogen (secondary N) is 1. The van der Waals surface area contributed by atoms with Crippen molar-refractivity contribution < 1.29 is 4.74 Å². The molecule has 1 saturated carbocycles. The van der Waals surface area contributed by atoms with E-state index in [1.54, 1.807) is 7.11 Å². The molecule has 1 aromatic carbocycles. The highest BCUT2D eigenvalue weighted by atomic mass is 35.5. The van der Waals surface area contributed by atoms with E-state index in [-0.39, 0.29) is 12.4 Å². The number of aromatic nitrogens is 4. The highest BCUT2D eigenvalue weighted by Crippen LogP contribution is 2.27. The van der Waals surface area contributed by atoms with Crippen molar-refractivity contribution in [3.05, 3.63) is 36.0 Å². The van der Waals surface area contributed by atoms with E-state index in [4.69, 9.17) is 14.7 Å². The number of hydrogen-bond donors (Lipinski definition) is 1. The number of hydrogen-bond acceptors (Lipinski definition) is 7. The lowest BCUT2D eigenvalue weighted by Crippen LogP contribution is -2.51. The molecule has 9 heteroatoms. The van der Waals surface area contributed by atoms with Crippen LogP contribution < -0.4 is 15.0 Å². The lowest BCUT2D eigenvalue weighted by atomic mass is 9.94. The number of fused-ring (bicyclic) bond motifs is 1. The van der Waals surface area contributed by atoms with Gasteiger partial charge in [-0.1, -0.05) is 31.4 Å². The molecule has 178 valence electrons. The molecular formula is C24H34ClN7O. The van der Waals surface area contributed by atoms with Gasteiger partial charge in [0.1, 0.15) is 11.6 Å². The van der Waals surface area contributed by atoms with Gasteiger partial charge in [-0.25, -0.2) is 0 Å². The Morgan fingerprint density at radius 2 is 1.73 bits per heavy atom. The second kappa shape index (κ2) is 10.6. The normalized spacial score (nSPS) is 17.7. The minimum Gasteiger partial charge on any atom is -0.497 e. The van der Waals surface area contributed by atoms with E-state index in [0.29, 0.717) is 6.54 Å². The molecule has 0 bridgehead atoms. The van der Waals surface area contributed by atoms with Gasteiger partial charge in [-0.15, -0.1) is 12.4 Å². The van der Waals surface area contributed by atoms with Crippen LogP contribution in [0, 0.1) is 0 Å². The second-order valence-electron chi connectivity index (χ2n) is 8.89. The number of anilines is 2. The van der Waals surface area contributed by atoms with E-state index in [0.717, 1.165) is 60.8 Å². The first-order valence-corrected chi connectivity index (χ1v) is 11.8. The minimum absolute atomic E-state index is 0. The third-order valence-corrected chi connectivity index (χ3v) is 6.89. The largest absolute Gasteiger partial charge is 0.497 e. The lowest BCUT2D eigenvalue weighted by Gasteiger charge is -2.40. The molecule has 1 saturated heterocycles. The maximum absolute atomic E-state index is 5.26. The number of nitrogens with zero attached hydrogens (tertiary/aromatic N) is 6. The van der Waals surface area contributed by atoms with Gasteiger partial charge in [-0.05, 0) is 30.5 Å². The fourth-order valence-electron chi connectivity index (χ4n) is 4.95. The molecule has 2 aromatic heterocycles. The number of piperazine rings is 1. The van der Waals surface area contributed by atoms with Gasteiger partial charge in [0.15, 0.2) is 5.65 Å². The zero-order chi connectivity index (χ0) is 21.9. The molecule has 5 rings (SSSR count). The summed E-state index contributed by atoms with van der Waals surface area (Å²) in [6.07, 6.45) is 8.73. The molecule has 1 aliphatic heterocycles. The van der Waals surface area contributed by atoms with Gasteiger partial charge in [-0.2, -0.15) is 15.1 Å². The van der Waals surface area contributed by atoms with Crippen LogP contribution >= 0.6 is 12.4 Å². The van der Waals surface area contributed by atoms with E-state index < -0.39 is 0 Å². The summed E-state index contributed by atoms with van der Waals surface area (Å²) >= 11 is 0. The molecule has 0 amide bonds. The average Bonchev–Trinajstić information content (AvgIpc) is 3.24. The summed E-state index contributed by atoms with van der Waals surface area (Å²) in [7, 11) is 3.62. The van der Waals surface area contributed by atoms with Gasteiger partial charge in [0, 0.05) is 45.8 Å². The highest BCUT2D eigenvalue weighted by Gasteiger charge is 2.26. The Labute approximate surface area is 201 Å². The van der Waals surface area contributed by atoms with E-state index in [9.17, 15) is 0 Å². The third-order valence-electron chi connectivity index (χ3n) is 6.89. The maximum Gasteiger partial charge on any atom is 0.229 e. The Morgan fingerprint density at radius 1 is 1.00 bits per heavy atom. The van der Waals surface area contributed by atoms with Crippen LogP contribution in [0.3, 0.4) is 0 Å². The molecule has 8 nitrogen and oxygen atoms in total. The first kappa shape index (κ1) is 23.6. The van der Waals surface area contributed by atoms with E-state index in [2.05, 4.69) is 32.3 Å². The Balaban J connectivity index is 0.00000259. The zero-order valence-electron chi connectivity index (χ0n) is 19.5. The first-order valence-electron chi connectivity index (χ1n) is 11.8. The van der Waals surface area contributed by atoms with Gasteiger partial charge in [0.05, 0.1) is 18.7 Å². The Hall–Kier alpha value is -2.58. The molecule has 1 aliphatic carbocycles. The van der Waals surface area contributed by atoms with Crippen molar-refractivity contribution in [2.24, 2.45) is 7.05 Å². The van der Waals surface area contributed by atoms with Crippen LogP contribution in [0.4, 0.5) is 11.8 Å². The van der Waals surface area contributed by atoms with Crippen molar-refractivity contribution >= 4 is 35.2 Å². The summed E-state index contributed by atoms with van der Waals surface area (Å²) in [5.74, 6) is 2.49. The Morgan fingerprint density at radius 3 is 2.42 bits per heavy atom. The van der Waals surface area contributed by atoms with Crippen LogP contribution in [0.2, 0.25) is 0 Å². The van der Waals surface area contributed by atoms with E-state index in [1.165, 1.54) is 37.7 Å². The van der Waals surface area contributed by atoms with Crippen molar-refractivity contribution in [1.29, 1.82) is 0 Å². The fraction of sp³-hybridized carbons (Fsp3) is 0.542. The monoisotopic (exact) mass is 471 g/mol. The predicted molar refractivity (Wildman–Crippen MR) is 135 cm³/mol. The second-order valence-corrected chi connectivity index (χ2v) is 8.89. The fourth-order valence-corrected chi connectivity index (χ4v) is 4.95. The number of benzene rings is 1. The number of methoxy groups -OCH3 is 1. The van der Waals surface area contributed by atoms with Crippen molar-refractivity contribution in [1.82, 2.24) is 24.6 Å². The summed E-state index contributed by atoms with van der Waals surface area (Å²) in [6.45, 7) is 4.80. The van der Waals surface area contributed by atoms with Crippen LogP contribution in [0.5, 0.6) is 5.75 Å². The molecule has 1 N–H and O–H groups in total. The van der Waals surface area contributed by atoms with Gasteiger partial charge in [0.25, 0.3) is 0 Å². The van der Waals surface area contributed by atoms with Gasteiger partial charge in [0.2, 0.25) is 5.95 Å². The van der Waals surface area contributed by atoms with Crippen LogP contribution in [-0.4, -0.2) is 64.0 Å². The van der Waals surface area contributed by atoms with Crippen LogP contribution in [-0.2, 0) is 13.6 Å². The molecule has 2 aliphatic rings. The molecule has 0 atom stereocenters. The smallest absolute Gasteiger partial charge is 0.229 e. The molecule has 0 radical (unpaired) electrons. The summed E-state index contributed by atoms with van der Waals surface area (Å²) in [4.78, 5) is 14.8. The standard InChI is InChI=1S/C24H33N7O.ClH/c1-29-23-21(17-26-29)22(25-16-18-8-10-20(32-2)11-9-18)27-24(28-23)31-14-12-30(13-15-31)19-6-4-3-5-7-19;/h8-11,17,19H,3-7,12-16H2,1-2H3,(H,25,27,28);1H. The number of halogens is 1. The molecule has 0 unspecified atom stereocenters. The van der Waals surface area contributed by atoms with E-state index in [1.807, 2.05) is 30.1 Å². The average molecular weight is 472 g/mol. The van der Waals surface area contributed by atoms with Gasteiger partial charge in [-0.3, -0.25) is 9.58 Å². The summed E-state index contributed by atoms with van der Waals surface area (Å²) < 4.78 is 7.09. The van der Waals surface area contributed by atoms with Crippen LogP contribution in [0.1, 0.15) is 37.7 Å². The molecule has 0 spiro atoms. The lowest BCUT2D eigenvalue weighted by molar-refractivity contribution is 0.147. The van der Waals surface area contributed by atoms with Crippen LogP contribution in [0.15, 0.2) is 30.5 Å². The maximum atomic E-state index is 5.26. The quantitative estimate of drug-likeness (QED) is 0.585. The molecule has 3 heterocycles. The van der Waals surface area contributed by atoms with Crippen molar-refractivity contribution in [2.75, 3.05) is 43.5 Å². The van der Waals surface area contributed by atoms with E-state index >= 15 is 0 Å². The molecule has 2 fully saturated rings. The predicted octanol–water partition coefficient (Wildman–Crippen LogP) is 3.86. The molecule has 3 aromatic rings. The highest BCUT2D eigenvalue weighted by molar-refractivity contribution is 5.87. The van der Waals surface area contributed by atoms with Crippen molar-refractivity contribution in [3.8, 4) is 5.75 Å².